The van der Waals surface area contributed by atoms with Crippen LogP contribution in [0.2, 0.25) is 0 Å². The minimum Gasteiger partial charge on any atom is -0.360 e. The predicted octanol–water partition coefficient (Wildman–Crippen LogP) is 4.45. The molecule has 0 saturated heterocycles. The molecule has 0 aliphatic carbocycles. The molecule has 0 spiro atoms. The molecule has 5 heteroatoms. The molecule has 4 nitrogen and oxygen atoms in total. The first kappa shape index (κ1) is 19.6. The molecule has 0 bridgehead atoms. The van der Waals surface area contributed by atoms with Crippen LogP contribution in [-0.4, -0.2) is 27.5 Å². The van der Waals surface area contributed by atoms with Crippen LogP contribution in [0.1, 0.15) is 56.3 Å². The van der Waals surface area contributed by atoms with Gasteiger partial charge in [0.25, 0.3) is 0 Å². The van der Waals surface area contributed by atoms with E-state index in [9.17, 15) is 4.39 Å². The van der Waals surface area contributed by atoms with Gasteiger partial charge in [0.15, 0.2) is 0 Å². The van der Waals surface area contributed by atoms with E-state index in [4.69, 9.17) is 10.7 Å². The van der Waals surface area contributed by atoms with E-state index in [1.165, 1.54) is 5.69 Å². The number of nitrogens with zero attached hydrogens (tertiary/aromatic N) is 3. The van der Waals surface area contributed by atoms with Crippen LogP contribution in [0.15, 0.2) is 24.4 Å². The SMILES string of the molecule is C=C(CN)N1CCn2c(nc(-c3cc(C)c(F)c(C)c3)c2C(C)C)C1(C)C. The number of aryl methyl sites for hydroxylation is 2. The van der Waals surface area contributed by atoms with Crippen LogP contribution in [0, 0.1) is 19.7 Å². The molecule has 0 fully saturated rings. The molecule has 1 aromatic heterocycles. The zero-order valence-corrected chi connectivity index (χ0v) is 17.4. The van der Waals surface area contributed by atoms with Gasteiger partial charge in [-0.3, -0.25) is 0 Å². The second kappa shape index (κ2) is 6.79. The quantitative estimate of drug-likeness (QED) is 0.865. The molecule has 0 saturated carbocycles. The van der Waals surface area contributed by atoms with E-state index in [0.29, 0.717) is 23.6 Å². The maximum atomic E-state index is 14.2. The van der Waals surface area contributed by atoms with Crippen LogP contribution in [0.25, 0.3) is 11.3 Å². The minimum absolute atomic E-state index is 0.139. The van der Waals surface area contributed by atoms with Crippen LogP contribution in [0.4, 0.5) is 4.39 Å². The molecule has 1 aromatic carbocycles. The molecule has 0 unspecified atom stereocenters. The van der Waals surface area contributed by atoms with Crippen molar-refractivity contribution in [2.45, 2.75) is 59.5 Å². The third-order valence-electron chi connectivity index (χ3n) is 5.65. The number of fused-ring (bicyclic) bond motifs is 1. The van der Waals surface area contributed by atoms with Crippen molar-refractivity contribution in [2.75, 3.05) is 13.1 Å². The van der Waals surface area contributed by atoms with E-state index in [1.54, 1.807) is 0 Å². The van der Waals surface area contributed by atoms with Gasteiger partial charge < -0.3 is 15.2 Å². The summed E-state index contributed by atoms with van der Waals surface area (Å²) in [6, 6.07) is 3.82. The average molecular weight is 371 g/mol. The highest BCUT2D eigenvalue weighted by Gasteiger charge is 2.39. The van der Waals surface area contributed by atoms with Crippen molar-refractivity contribution < 1.29 is 4.39 Å². The molecule has 2 N–H and O–H groups in total. The van der Waals surface area contributed by atoms with Gasteiger partial charge in [0.1, 0.15) is 11.6 Å². The van der Waals surface area contributed by atoms with Gasteiger partial charge in [0.2, 0.25) is 0 Å². The van der Waals surface area contributed by atoms with Crippen LogP contribution < -0.4 is 5.73 Å². The summed E-state index contributed by atoms with van der Waals surface area (Å²) in [6.07, 6.45) is 0. The number of imidazole rings is 1. The molecule has 146 valence electrons. The molecule has 27 heavy (non-hydrogen) atoms. The van der Waals surface area contributed by atoms with Crippen LogP contribution in [0.3, 0.4) is 0 Å². The number of hydrogen-bond acceptors (Lipinski definition) is 3. The summed E-state index contributed by atoms with van der Waals surface area (Å²) in [5.74, 6) is 1.19. The lowest BCUT2D eigenvalue weighted by atomic mass is 9.97. The molecule has 0 atom stereocenters. The summed E-state index contributed by atoms with van der Waals surface area (Å²) in [5, 5.41) is 0. The van der Waals surface area contributed by atoms with Crippen molar-refractivity contribution in [3.05, 3.63) is 52.9 Å². The molecule has 0 amide bonds. The van der Waals surface area contributed by atoms with E-state index >= 15 is 0 Å². The summed E-state index contributed by atoms with van der Waals surface area (Å²) in [6.45, 7) is 18.6. The third kappa shape index (κ3) is 3.08. The Morgan fingerprint density at radius 2 is 1.85 bits per heavy atom. The highest BCUT2D eigenvalue weighted by atomic mass is 19.1. The Balaban J connectivity index is 2.22. The topological polar surface area (TPSA) is 47.1 Å². The van der Waals surface area contributed by atoms with E-state index in [2.05, 4.69) is 43.7 Å². The van der Waals surface area contributed by atoms with Gasteiger partial charge in [-0.05, 0) is 56.9 Å². The van der Waals surface area contributed by atoms with Gasteiger partial charge in [-0.25, -0.2) is 9.37 Å². The largest absolute Gasteiger partial charge is 0.360 e. The summed E-state index contributed by atoms with van der Waals surface area (Å²) in [7, 11) is 0. The summed E-state index contributed by atoms with van der Waals surface area (Å²) in [4.78, 5) is 7.35. The Hall–Kier alpha value is -2.14. The number of benzene rings is 1. The van der Waals surface area contributed by atoms with Crippen LogP contribution in [-0.2, 0) is 12.1 Å². The Kier molecular flexibility index (Phi) is 4.93. The lowest BCUT2D eigenvalue weighted by molar-refractivity contribution is 0.116. The van der Waals surface area contributed by atoms with Gasteiger partial charge in [-0.15, -0.1) is 0 Å². The smallest absolute Gasteiger partial charge is 0.135 e. The van der Waals surface area contributed by atoms with E-state index < -0.39 is 0 Å². The summed E-state index contributed by atoms with van der Waals surface area (Å²) in [5.41, 5.74) is 10.9. The Labute approximate surface area is 161 Å². The van der Waals surface area contributed by atoms with Crippen molar-refractivity contribution in [2.24, 2.45) is 5.73 Å². The standard InChI is InChI=1S/C22H31FN4/c1-13(2)20-19(17-10-14(3)18(23)15(4)11-17)25-21-22(6,7)27(16(5)12-24)9-8-26(20)21/h10-11,13H,5,8-9,12,24H2,1-4,6-7H3. The number of aromatic nitrogens is 2. The first-order valence-corrected chi connectivity index (χ1v) is 9.63. The summed E-state index contributed by atoms with van der Waals surface area (Å²) >= 11 is 0. The predicted molar refractivity (Wildman–Crippen MR) is 109 cm³/mol. The molecular weight excluding hydrogens is 339 g/mol. The van der Waals surface area contributed by atoms with Gasteiger partial charge in [0, 0.05) is 36.6 Å². The number of hydrogen-bond donors (Lipinski definition) is 1. The fourth-order valence-electron chi connectivity index (χ4n) is 4.30. The molecule has 1 aliphatic rings. The maximum absolute atomic E-state index is 14.2. The van der Waals surface area contributed by atoms with Crippen molar-refractivity contribution in [3.8, 4) is 11.3 Å². The Bertz CT molecular complexity index is 869. The molecule has 2 heterocycles. The van der Waals surface area contributed by atoms with Crippen molar-refractivity contribution in [3.63, 3.8) is 0 Å². The molecule has 1 aliphatic heterocycles. The molecular formula is C22H31FN4. The van der Waals surface area contributed by atoms with E-state index in [0.717, 1.165) is 35.9 Å². The monoisotopic (exact) mass is 370 g/mol. The molecule has 0 radical (unpaired) electrons. The van der Waals surface area contributed by atoms with E-state index in [-0.39, 0.29) is 11.4 Å². The van der Waals surface area contributed by atoms with Gasteiger partial charge in [0.05, 0.1) is 11.2 Å². The second-order valence-corrected chi connectivity index (χ2v) is 8.38. The normalized spacial score (nSPS) is 16.0. The second-order valence-electron chi connectivity index (χ2n) is 8.38. The van der Waals surface area contributed by atoms with Crippen molar-refractivity contribution in [1.82, 2.24) is 14.5 Å². The molecule has 3 rings (SSSR count). The van der Waals surface area contributed by atoms with Crippen LogP contribution >= 0.6 is 0 Å². The van der Waals surface area contributed by atoms with Gasteiger partial charge >= 0.3 is 0 Å². The lowest BCUT2D eigenvalue weighted by Gasteiger charge is -2.45. The first-order chi connectivity index (χ1) is 12.6. The maximum Gasteiger partial charge on any atom is 0.135 e. The van der Waals surface area contributed by atoms with Crippen LogP contribution in [0.5, 0.6) is 0 Å². The number of nitrogens with two attached hydrogens (primary N) is 1. The Morgan fingerprint density at radius 3 is 2.37 bits per heavy atom. The van der Waals surface area contributed by atoms with Gasteiger partial charge in [-0.2, -0.15) is 0 Å². The van der Waals surface area contributed by atoms with Crippen molar-refractivity contribution in [1.29, 1.82) is 0 Å². The highest BCUT2D eigenvalue weighted by molar-refractivity contribution is 5.65. The lowest BCUT2D eigenvalue weighted by Crippen LogP contribution is -2.49. The average Bonchev–Trinajstić information content (AvgIpc) is 2.99. The van der Waals surface area contributed by atoms with E-state index in [1.807, 2.05) is 26.0 Å². The number of halogens is 1. The fourth-order valence-corrected chi connectivity index (χ4v) is 4.30. The van der Waals surface area contributed by atoms with Crippen molar-refractivity contribution >= 4 is 0 Å². The third-order valence-corrected chi connectivity index (χ3v) is 5.65. The highest BCUT2D eigenvalue weighted by Crippen LogP contribution is 2.40. The van der Waals surface area contributed by atoms with Gasteiger partial charge in [-0.1, -0.05) is 20.4 Å². The zero-order valence-electron chi connectivity index (χ0n) is 17.4. The summed E-state index contributed by atoms with van der Waals surface area (Å²) < 4.78 is 16.5. The zero-order chi connectivity index (χ0) is 20.1. The molecule has 2 aromatic rings. The number of rotatable bonds is 4. The minimum atomic E-state index is -0.305. The Morgan fingerprint density at radius 1 is 1.26 bits per heavy atom. The first-order valence-electron chi connectivity index (χ1n) is 9.63. The fraction of sp³-hybridized carbons (Fsp3) is 0.500.